The van der Waals surface area contributed by atoms with Gasteiger partial charge in [0.05, 0.1) is 0 Å². The fourth-order valence-electron chi connectivity index (χ4n) is 2.43. The maximum Gasteiger partial charge on any atom is 0.198 e. The Labute approximate surface area is 133 Å². The van der Waals surface area contributed by atoms with Gasteiger partial charge in [-0.15, -0.1) is 24.0 Å². The van der Waals surface area contributed by atoms with Gasteiger partial charge >= 0.3 is 0 Å². The first-order chi connectivity index (χ1) is 8.86. The van der Waals surface area contributed by atoms with Crippen LogP contribution in [0.4, 0.5) is 5.69 Å². The Morgan fingerprint density at radius 3 is 2.84 bits per heavy atom. The summed E-state index contributed by atoms with van der Waals surface area (Å²) in [5, 5.41) is 3.46. The smallest absolute Gasteiger partial charge is 0.198 e. The second-order valence-corrected chi connectivity index (χ2v) is 4.71. The second kappa shape index (κ2) is 8.40. The van der Waals surface area contributed by atoms with Crippen LogP contribution in [0.15, 0.2) is 29.3 Å². The van der Waals surface area contributed by atoms with Crippen molar-refractivity contribution in [1.82, 2.24) is 5.32 Å². The van der Waals surface area contributed by atoms with Crippen LogP contribution in [0.25, 0.3) is 0 Å². The van der Waals surface area contributed by atoms with Crippen LogP contribution >= 0.6 is 24.0 Å². The number of benzene rings is 1. The molecular formula is C15H24IN3. The van der Waals surface area contributed by atoms with E-state index in [0.717, 1.165) is 25.5 Å². The van der Waals surface area contributed by atoms with Crippen molar-refractivity contribution in [3.63, 3.8) is 0 Å². The van der Waals surface area contributed by atoms with Crippen molar-refractivity contribution in [2.45, 2.75) is 32.6 Å². The highest BCUT2D eigenvalue weighted by Gasteiger charge is 2.21. The minimum Gasteiger partial charge on any atom is -0.356 e. The molecule has 2 rings (SSSR count). The molecule has 1 aromatic carbocycles. The Bertz CT molecular complexity index is 418. The van der Waals surface area contributed by atoms with Crippen LogP contribution in [0, 0.1) is 0 Å². The van der Waals surface area contributed by atoms with E-state index in [-0.39, 0.29) is 24.0 Å². The van der Waals surface area contributed by atoms with Crippen LogP contribution in [-0.2, 0) is 6.42 Å². The van der Waals surface area contributed by atoms with Crippen LogP contribution in [0.5, 0.6) is 0 Å². The van der Waals surface area contributed by atoms with Crippen molar-refractivity contribution in [1.29, 1.82) is 0 Å². The Balaban J connectivity index is 0.00000180. The summed E-state index contributed by atoms with van der Waals surface area (Å²) in [6.07, 6.45) is 4.87. The highest BCUT2D eigenvalue weighted by molar-refractivity contribution is 14.0. The lowest BCUT2D eigenvalue weighted by Crippen LogP contribution is -2.40. The molecule has 1 aliphatic rings. The molecule has 0 unspecified atom stereocenters. The maximum atomic E-state index is 4.40. The zero-order valence-corrected chi connectivity index (χ0v) is 14.2. The van der Waals surface area contributed by atoms with Crippen LogP contribution in [-0.4, -0.2) is 26.1 Å². The molecule has 0 aliphatic carbocycles. The third kappa shape index (κ3) is 4.09. The van der Waals surface area contributed by atoms with E-state index in [1.54, 1.807) is 0 Å². The summed E-state index contributed by atoms with van der Waals surface area (Å²) in [6.45, 7) is 4.28. The molecule has 106 valence electrons. The molecule has 0 fully saturated rings. The molecule has 0 saturated carbocycles. The Morgan fingerprint density at radius 2 is 2.11 bits per heavy atom. The van der Waals surface area contributed by atoms with Crippen LogP contribution in [0.3, 0.4) is 0 Å². The molecular weight excluding hydrogens is 349 g/mol. The van der Waals surface area contributed by atoms with Crippen LogP contribution in [0.1, 0.15) is 31.7 Å². The van der Waals surface area contributed by atoms with Gasteiger partial charge in [0.15, 0.2) is 5.96 Å². The van der Waals surface area contributed by atoms with E-state index in [1.807, 2.05) is 7.05 Å². The van der Waals surface area contributed by atoms with Crippen LogP contribution < -0.4 is 10.2 Å². The Kier molecular flexibility index (Phi) is 7.20. The predicted octanol–water partition coefficient (Wildman–Crippen LogP) is 3.43. The number of fused-ring (bicyclic) bond motifs is 1. The SMILES string of the molecule is CCCCCNC(=NC)N1CCc2ccccc21.I. The van der Waals surface area contributed by atoms with Gasteiger partial charge in [-0.05, 0) is 24.5 Å². The highest BCUT2D eigenvalue weighted by atomic mass is 127. The van der Waals surface area contributed by atoms with Crippen molar-refractivity contribution in [3.05, 3.63) is 29.8 Å². The number of hydrogen-bond donors (Lipinski definition) is 1. The van der Waals surface area contributed by atoms with Gasteiger partial charge in [-0.25, -0.2) is 0 Å². The van der Waals surface area contributed by atoms with Gasteiger partial charge in [0.25, 0.3) is 0 Å². The second-order valence-electron chi connectivity index (χ2n) is 4.71. The molecule has 0 aromatic heterocycles. The zero-order chi connectivity index (χ0) is 12.8. The third-order valence-electron chi connectivity index (χ3n) is 3.42. The lowest BCUT2D eigenvalue weighted by Gasteiger charge is -2.22. The first-order valence-electron chi connectivity index (χ1n) is 6.93. The number of aliphatic imine (C=N–C) groups is 1. The first kappa shape index (κ1) is 16.3. The Morgan fingerprint density at radius 1 is 1.32 bits per heavy atom. The number of rotatable bonds is 4. The molecule has 3 nitrogen and oxygen atoms in total. The van der Waals surface area contributed by atoms with Gasteiger partial charge in [0.1, 0.15) is 0 Å². The number of anilines is 1. The molecule has 0 bridgehead atoms. The quantitative estimate of drug-likeness (QED) is 0.379. The van der Waals surface area contributed by atoms with Gasteiger partial charge in [0.2, 0.25) is 0 Å². The van der Waals surface area contributed by atoms with E-state index >= 15 is 0 Å². The minimum absolute atomic E-state index is 0. The van der Waals surface area contributed by atoms with E-state index in [2.05, 4.69) is 46.4 Å². The van der Waals surface area contributed by atoms with E-state index in [0.29, 0.717) is 0 Å². The van der Waals surface area contributed by atoms with E-state index < -0.39 is 0 Å². The minimum atomic E-state index is 0. The number of nitrogens with one attached hydrogen (secondary N) is 1. The number of para-hydroxylation sites is 1. The molecule has 1 aromatic rings. The normalized spacial score (nSPS) is 14.0. The van der Waals surface area contributed by atoms with E-state index in [9.17, 15) is 0 Å². The fraction of sp³-hybridized carbons (Fsp3) is 0.533. The summed E-state index contributed by atoms with van der Waals surface area (Å²) in [5.41, 5.74) is 2.73. The summed E-state index contributed by atoms with van der Waals surface area (Å²) in [5.74, 6) is 1.01. The van der Waals surface area contributed by atoms with E-state index in [4.69, 9.17) is 0 Å². The van der Waals surface area contributed by atoms with E-state index in [1.165, 1.54) is 30.5 Å². The topological polar surface area (TPSA) is 27.6 Å². The molecule has 0 amide bonds. The average molecular weight is 373 g/mol. The number of nitrogens with zero attached hydrogens (tertiary/aromatic N) is 2. The summed E-state index contributed by atoms with van der Waals surface area (Å²) in [4.78, 5) is 6.69. The third-order valence-corrected chi connectivity index (χ3v) is 3.42. The van der Waals surface area contributed by atoms with Gasteiger partial charge in [-0.3, -0.25) is 4.99 Å². The fourth-order valence-corrected chi connectivity index (χ4v) is 2.43. The van der Waals surface area contributed by atoms with Gasteiger partial charge in [-0.2, -0.15) is 0 Å². The first-order valence-corrected chi connectivity index (χ1v) is 6.93. The van der Waals surface area contributed by atoms with Crippen molar-refractivity contribution in [3.8, 4) is 0 Å². The predicted molar refractivity (Wildman–Crippen MR) is 93.8 cm³/mol. The molecule has 0 radical (unpaired) electrons. The largest absolute Gasteiger partial charge is 0.356 e. The van der Waals surface area contributed by atoms with Crippen molar-refractivity contribution < 1.29 is 0 Å². The molecule has 1 aliphatic heterocycles. The summed E-state index contributed by atoms with van der Waals surface area (Å²) in [7, 11) is 1.86. The van der Waals surface area contributed by atoms with Gasteiger partial charge < -0.3 is 10.2 Å². The molecule has 19 heavy (non-hydrogen) atoms. The molecule has 0 saturated heterocycles. The van der Waals surface area contributed by atoms with Crippen molar-refractivity contribution in [2.24, 2.45) is 4.99 Å². The van der Waals surface area contributed by atoms with Gasteiger partial charge in [0, 0.05) is 25.8 Å². The van der Waals surface area contributed by atoms with Gasteiger partial charge in [-0.1, -0.05) is 38.0 Å². The number of hydrogen-bond acceptors (Lipinski definition) is 1. The summed E-state index contributed by atoms with van der Waals surface area (Å²) < 4.78 is 0. The molecule has 4 heteroatoms. The molecule has 0 spiro atoms. The number of unbranched alkanes of at least 4 members (excludes halogenated alkanes) is 2. The summed E-state index contributed by atoms with van der Waals surface area (Å²) >= 11 is 0. The number of guanidine groups is 1. The summed E-state index contributed by atoms with van der Waals surface area (Å²) in [6, 6.07) is 8.60. The molecule has 1 heterocycles. The standard InChI is InChI=1S/C15H23N3.HI/c1-3-4-7-11-17-15(16-2)18-12-10-13-8-5-6-9-14(13)18;/h5-6,8-9H,3-4,7,10-12H2,1-2H3,(H,16,17);1H. The van der Waals surface area contributed by atoms with Crippen molar-refractivity contribution >= 4 is 35.6 Å². The number of halogens is 1. The van der Waals surface area contributed by atoms with Crippen molar-refractivity contribution in [2.75, 3.05) is 25.0 Å². The van der Waals surface area contributed by atoms with Crippen LogP contribution in [0.2, 0.25) is 0 Å². The lowest BCUT2D eigenvalue weighted by atomic mass is 10.2. The molecule has 1 N–H and O–H groups in total. The monoisotopic (exact) mass is 373 g/mol. The average Bonchev–Trinajstić information content (AvgIpc) is 2.83. The maximum absolute atomic E-state index is 4.40. The zero-order valence-electron chi connectivity index (χ0n) is 11.9. The lowest BCUT2D eigenvalue weighted by molar-refractivity contribution is 0.690. The Hall–Kier alpha value is -0.780. The highest BCUT2D eigenvalue weighted by Crippen LogP contribution is 2.27. The molecule has 0 atom stereocenters.